The van der Waals surface area contributed by atoms with Gasteiger partial charge in [0.05, 0.1) is 23.9 Å². The number of halogens is 1. The summed E-state index contributed by atoms with van der Waals surface area (Å²) in [4.78, 5) is 18.2. The van der Waals surface area contributed by atoms with Gasteiger partial charge in [-0.3, -0.25) is 14.9 Å². The number of carbonyl (C=O) groups is 1. The Morgan fingerprint density at radius 3 is 2.54 bits per heavy atom. The van der Waals surface area contributed by atoms with Crippen molar-refractivity contribution in [1.82, 2.24) is 15.4 Å². The highest BCUT2D eigenvalue weighted by molar-refractivity contribution is 6.30. The average Bonchev–Trinajstić information content (AvgIpc) is 3.55. The van der Waals surface area contributed by atoms with Gasteiger partial charge in [0.15, 0.2) is 11.6 Å². The number of nitrogens with zero attached hydrogens (tertiary/aromatic N) is 3. The molecular weight excluding hydrogens is 488 g/mol. The molecule has 1 amide bonds. The number of amides is 1. The van der Waals surface area contributed by atoms with Crippen molar-refractivity contribution in [2.75, 3.05) is 11.1 Å². The molecule has 9 heteroatoms. The van der Waals surface area contributed by atoms with Crippen molar-refractivity contribution >= 4 is 34.7 Å². The van der Waals surface area contributed by atoms with E-state index in [0.717, 1.165) is 27.8 Å². The van der Waals surface area contributed by atoms with Gasteiger partial charge < -0.3 is 15.6 Å². The number of benzene rings is 3. The molecule has 1 aliphatic rings. The SMILES string of the molecule is Nc1noc2c1-c1ccc(-c3cn[nH]c3)cc1C(c1ccc(Cl)cc1)=N[C@H]2CC(=O)Nc1ccccc1. The Morgan fingerprint density at radius 2 is 1.78 bits per heavy atom. The highest BCUT2D eigenvalue weighted by Gasteiger charge is 2.32. The van der Waals surface area contributed by atoms with Gasteiger partial charge >= 0.3 is 0 Å². The maximum Gasteiger partial charge on any atom is 0.227 e. The summed E-state index contributed by atoms with van der Waals surface area (Å²) in [6, 6.07) is 22.1. The van der Waals surface area contributed by atoms with E-state index in [1.807, 2.05) is 79.0 Å². The van der Waals surface area contributed by atoms with Crippen LogP contribution in [-0.4, -0.2) is 27.0 Å². The van der Waals surface area contributed by atoms with Crippen molar-refractivity contribution in [3.63, 3.8) is 0 Å². The number of nitrogens with two attached hydrogens (primary N) is 1. The van der Waals surface area contributed by atoms with E-state index in [9.17, 15) is 4.79 Å². The number of nitrogen functional groups attached to an aromatic ring is 1. The first-order chi connectivity index (χ1) is 18.1. The van der Waals surface area contributed by atoms with E-state index >= 15 is 0 Å². The summed E-state index contributed by atoms with van der Waals surface area (Å²) in [6.45, 7) is 0. The van der Waals surface area contributed by atoms with Crippen molar-refractivity contribution in [2.45, 2.75) is 12.5 Å². The highest BCUT2D eigenvalue weighted by atomic mass is 35.5. The molecule has 0 aliphatic carbocycles. The molecule has 3 heterocycles. The van der Waals surface area contributed by atoms with Crippen LogP contribution in [0.1, 0.15) is 29.3 Å². The van der Waals surface area contributed by atoms with Gasteiger partial charge in [-0.25, -0.2) is 0 Å². The number of hydrogen-bond acceptors (Lipinski definition) is 6. The molecule has 182 valence electrons. The van der Waals surface area contributed by atoms with Gasteiger partial charge in [0.1, 0.15) is 6.04 Å². The van der Waals surface area contributed by atoms with E-state index in [1.54, 1.807) is 6.20 Å². The third-order valence-corrected chi connectivity index (χ3v) is 6.51. The maximum absolute atomic E-state index is 13.1. The highest BCUT2D eigenvalue weighted by Crippen LogP contribution is 2.43. The molecule has 6 rings (SSSR count). The first-order valence-electron chi connectivity index (χ1n) is 11.6. The fourth-order valence-corrected chi connectivity index (χ4v) is 4.66. The molecule has 0 radical (unpaired) electrons. The normalized spacial score (nSPS) is 14.3. The summed E-state index contributed by atoms with van der Waals surface area (Å²) in [5, 5.41) is 14.5. The molecule has 0 bridgehead atoms. The van der Waals surface area contributed by atoms with Crippen molar-refractivity contribution in [1.29, 1.82) is 0 Å². The Hall–Kier alpha value is -4.69. The van der Waals surface area contributed by atoms with Gasteiger partial charge in [-0.05, 0) is 41.5 Å². The fourth-order valence-electron chi connectivity index (χ4n) is 4.53. The number of fused-ring (bicyclic) bond motifs is 3. The van der Waals surface area contributed by atoms with E-state index in [2.05, 4.69) is 20.7 Å². The van der Waals surface area contributed by atoms with Gasteiger partial charge in [0.2, 0.25) is 5.91 Å². The fraction of sp³-hybridized carbons (Fsp3) is 0.0714. The van der Waals surface area contributed by atoms with Gasteiger partial charge in [0.25, 0.3) is 0 Å². The van der Waals surface area contributed by atoms with Gasteiger partial charge in [-0.2, -0.15) is 5.10 Å². The van der Waals surface area contributed by atoms with Crippen molar-refractivity contribution < 1.29 is 9.32 Å². The second kappa shape index (κ2) is 9.40. The third-order valence-electron chi connectivity index (χ3n) is 6.26. The van der Waals surface area contributed by atoms with Crippen molar-refractivity contribution in [3.8, 4) is 22.3 Å². The number of aromatic nitrogens is 3. The quantitative estimate of drug-likeness (QED) is 0.273. The molecule has 2 aromatic heterocycles. The van der Waals surface area contributed by atoms with Crippen LogP contribution in [0.15, 0.2) is 94.7 Å². The monoisotopic (exact) mass is 508 g/mol. The van der Waals surface area contributed by atoms with Crippen LogP contribution in [0.4, 0.5) is 11.5 Å². The molecule has 0 saturated carbocycles. The van der Waals surface area contributed by atoms with Crippen LogP contribution in [0.3, 0.4) is 0 Å². The number of hydrogen-bond donors (Lipinski definition) is 3. The number of carbonyl (C=O) groups excluding carboxylic acids is 1. The number of para-hydroxylation sites is 1. The minimum absolute atomic E-state index is 0.0379. The molecule has 0 saturated heterocycles. The van der Waals surface area contributed by atoms with Crippen molar-refractivity contribution in [2.24, 2.45) is 4.99 Å². The smallest absolute Gasteiger partial charge is 0.227 e. The summed E-state index contributed by atoms with van der Waals surface area (Å²) in [5.41, 5.74) is 12.7. The number of H-pyrrole nitrogens is 1. The Morgan fingerprint density at radius 1 is 1.00 bits per heavy atom. The zero-order chi connectivity index (χ0) is 25.4. The van der Waals surface area contributed by atoms with Gasteiger partial charge in [-0.15, -0.1) is 0 Å². The molecule has 1 atom stereocenters. The second-order valence-corrected chi connectivity index (χ2v) is 9.11. The predicted molar refractivity (Wildman–Crippen MR) is 143 cm³/mol. The molecule has 0 spiro atoms. The molecule has 4 N–H and O–H groups in total. The van der Waals surface area contributed by atoms with E-state index in [4.69, 9.17) is 26.9 Å². The molecule has 8 nitrogen and oxygen atoms in total. The van der Waals surface area contributed by atoms with Gasteiger partial charge in [0, 0.05) is 33.6 Å². The lowest BCUT2D eigenvalue weighted by Crippen LogP contribution is -2.15. The van der Waals surface area contributed by atoms with Gasteiger partial charge in [-0.1, -0.05) is 59.2 Å². The predicted octanol–water partition coefficient (Wildman–Crippen LogP) is 5.89. The van der Waals surface area contributed by atoms with Crippen LogP contribution in [0, 0.1) is 0 Å². The molecule has 0 unspecified atom stereocenters. The Balaban J connectivity index is 1.50. The first kappa shape index (κ1) is 22.8. The largest absolute Gasteiger partial charge is 0.380 e. The van der Waals surface area contributed by atoms with Crippen molar-refractivity contribution in [3.05, 3.63) is 107 Å². The van der Waals surface area contributed by atoms with Crippen LogP contribution in [0.2, 0.25) is 5.02 Å². The summed E-state index contributed by atoms with van der Waals surface area (Å²) in [5.74, 6) is 0.483. The standard InChI is InChI=1S/C28H21ClN6O2/c29-19-9-6-16(7-10-19)26-22-12-17(18-14-31-32-15-18)8-11-21(22)25-27(37-35-28(25)30)23(34-26)13-24(36)33-20-4-2-1-3-5-20/h1-12,14-15,23H,13H2,(H2,30,35)(H,31,32)(H,33,36)/t23-/m0/s1. The number of nitrogens with one attached hydrogen (secondary N) is 2. The molecule has 1 aliphatic heterocycles. The Kier molecular flexibility index (Phi) is 5.78. The van der Waals surface area contributed by atoms with Crippen LogP contribution in [0.5, 0.6) is 0 Å². The van der Waals surface area contributed by atoms with Crippen LogP contribution >= 0.6 is 11.6 Å². The Bertz CT molecular complexity index is 1610. The second-order valence-electron chi connectivity index (χ2n) is 8.67. The lowest BCUT2D eigenvalue weighted by molar-refractivity contribution is -0.116. The number of rotatable bonds is 5. The Labute approximate surface area is 217 Å². The average molecular weight is 509 g/mol. The topological polar surface area (TPSA) is 122 Å². The minimum atomic E-state index is -0.654. The van der Waals surface area contributed by atoms with Crippen LogP contribution in [-0.2, 0) is 4.79 Å². The lowest BCUT2D eigenvalue weighted by atomic mass is 9.91. The van der Waals surface area contributed by atoms with E-state index in [-0.39, 0.29) is 18.1 Å². The summed E-state index contributed by atoms with van der Waals surface area (Å²) in [6.07, 6.45) is 3.62. The minimum Gasteiger partial charge on any atom is -0.380 e. The van der Waals surface area contributed by atoms with Crippen LogP contribution < -0.4 is 11.1 Å². The zero-order valence-electron chi connectivity index (χ0n) is 19.5. The number of aromatic amines is 1. The summed E-state index contributed by atoms with van der Waals surface area (Å²) < 4.78 is 5.69. The maximum atomic E-state index is 13.1. The molecule has 37 heavy (non-hydrogen) atoms. The summed E-state index contributed by atoms with van der Waals surface area (Å²) >= 11 is 6.18. The van der Waals surface area contributed by atoms with E-state index < -0.39 is 6.04 Å². The van der Waals surface area contributed by atoms with Crippen LogP contribution in [0.25, 0.3) is 22.3 Å². The molecule has 3 aromatic carbocycles. The number of anilines is 2. The summed E-state index contributed by atoms with van der Waals surface area (Å²) in [7, 11) is 0. The van der Waals surface area contributed by atoms with E-state index in [0.29, 0.717) is 27.7 Å². The third kappa shape index (κ3) is 4.39. The number of aliphatic imine (C=N–C) groups is 1. The molecule has 0 fully saturated rings. The molecular formula is C28H21ClN6O2. The first-order valence-corrected chi connectivity index (χ1v) is 12.0. The lowest BCUT2D eigenvalue weighted by Gasteiger charge is -2.13. The van der Waals surface area contributed by atoms with E-state index in [1.165, 1.54) is 0 Å². The molecule has 5 aromatic rings. The zero-order valence-corrected chi connectivity index (χ0v) is 20.2.